The Bertz CT molecular complexity index is 1190. The van der Waals surface area contributed by atoms with Gasteiger partial charge in [-0.2, -0.15) is 0 Å². The van der Waals surface area contributed by atoms with Crippen LogP contribution in [-0.4, -0.2) is 30.7 Å². The number of anilines is 1. The van der Waals surface area contributed by atoms with Crippen molar-refractivity contribution in [2.75, 3.05) is 12.1 Å². The van der Waals surface area contributed by atoms with E-state index in [0.29, 0.717) is 17.2 Å². The van der Waals surface area contributed by atoms with E-state index in [1.807, 2.05) is 6.07 Å². The van der Waals surface area contributed by atoms with Crippen molar-refractivity contribution in [1.29, 1.82) is 0 Å². The molecular weight excluding hydrogens is 428 g/mol. The van der Waals surface area contributed by atoms with Crippen LogP contribution in [0, 0.1) is 6.92 Å². The molecule has 0 bridgehead atoms. The Balaban J connectivity index is 1.34. The number of ether oxygens (including phenoxy) is 3. The average Bonchev–Trinajstić information content (AvgIpc) is 3.50. The number of aryl methyl sites for hydroxylation is 1. The second-order valence-corrected chi connectivity index (χ2v) is 7.41. The van der Waals surface area contributed by atoms with E-state index in [2.05, 4.69) is 10.6 Å². The lowest BCUT2D eigenvalue weighted by molar-refractivity contribution is -0.129. The average molecular weight is 450 g/mol. The Morgan fingerprint density at radius 2 is 1.88 bits per heavy atom. The molecule has 0 fully saturated rings. The highest BCUT2D eigenvalue weighted by Gasteiger charge is 2.20. The largest absolute Gasteiger partial charge is 0.459 e. The quantitative estimate of drug-likeness (QED) is 0.530. The van der Waals surface area contributed by atoms with Crippen molar-refractivity contribution in [2.45, 2.75) is 26.5 Å². The summed E-state index contributed by atoms with van der Waals surface area (Å²) in [7, 11) is 0. The third kappa shape index (κ3) is 5.15. The Labute approximate surface area is 189 Å². The Morgan fingerprint density at radius 3 is 2.67 bits per heavy atom. The minimum atomic E-state index is -1.02. The van der Waals surface area contributed by atoms with Crippen LogP contribution < -0.4 is 20.1 Å². The fourth-order valence-electron chi connectivity index (χ4n) is 3.14. The van der Waals surface area contributed by atoms with Crippen LogP contribution >= 0.6 is 0 Å². The van der Waals surface area contributed by atoms with Gasteiger partial charge in [-0.3, -0.25) is 9.59 Å². The molecule has 2 N–H and O–H groups in total. The summed E-state index contributed by atoms with van der Waals surface area (Å²) in [6, 6.07) is 13.2. The molecule has 9 heteroatoms. The minimum Gasteiger partial charge on any atom is -0.459 e. The predicted octanol–water partition coefficient (Wildman–Crippen LogP) is 3.43. The molecule has 2 amide bonds. The maximum atomic E-state index is 12.6. The Hall–Kier alpha value is -4.27. The molecule has 2 aromatic carbocycles. The number of benzene rings is 2. The van der Waals surface area contributed by atoms with Gasteiger partial charge in [0, 0.05) is 12.2 Å². The molecule has 1 aromatic heterocycles. The van der Waals surface area contributed by atoms with E-state index in [1.54, 1.807) is 37.3 Å². The molecule has 0 radical (unpaired) electrons. The van der Waals surface area contributed by atoms with Crippen molar-refractivity contribution in [2.24, 2.45) is 0 Å². The van der Waals surface area contributed by atoms with E-state index in [4.69, 9.17) is 18.6 Å². The first-order valence-corrected chi connectivity index (χ1v) is 10.2. The number of nitrogens with one attached hydrogen (secondary N) is 2. The van der Waals surface area contributed by atoms with Gasteiger partial charge in [0.15, 0.2) is 23.4 Å². The number of fused-ring (bicyclic) bond motifs is 1. The van der Waals surface area contributed by atoms with Crippen molar-refractivity contribution in [3.05, 3.63) is 77.2 Å². The summed E-state index contributed by atoms with van der Waals surface area (Å²) in [4.78, 5) is 37.2. The van der Waals surface area contributed by atoms with Gasteiger partial charge in [0.05, 0.1) is 11.8 Å². The third-order valence-corrected chi connectivity index (χ3v) is 5.02. The molecule has 9 nitrogen and oxygen atoms in total. The third-order valence-electron chi connectivity index (χ3n) is 5.02. The lowest BCUT2D eigenvalue weighted by atomic mass is 10.1. The summed E-state index contributed by atoms with van der Waals surface area (Å²) >= 11 is 0. The summed E-state index contributed by atoms with van der Waals surface area (Å²) in [5.41, 5.74) is 2.21. The van der Waals surface area contributed by atoms with E-state index in [9.17, 15) is 14.4 Å². The molecule has 1 aliphatic heterocycles. The first-order valence-electron chi connectivity index (χ1n) is 10.2. The number of furan rings is 1. The SMILES string of the molecule is Cc1ccc(C(=O)OC(C)C(=O)NCc2ccc3c(c2)OCO3)cc1NC(=O)c1ccco1. The van der Waals surface area contributed by atoms with Crippen molar-refractivity contribution in [1.82, 2.24) is 5.32 Å². The highest BCUT2D eigenvalue weighted by molar-refractivity contribution is 6.03. The monoisotopic (exact) mass is 450 g/mol. The number of carbonyl (C=O) groups excluding carboxylic acids is 3. The summed E-state index contributed by atoms with van der Waals surface area (Å²) in [5, 5.41) is 5.43. The molecule has 0 aliphatic carbocycles. The van der Waals surface area contributed by atoms with Crippen LogP contribution in [0.15, 0.2) is 59.2 Å². The Kier molecular flexibility index (Phi) is 6.30. The van der Waals surface area contributed by atoms with Gasteiger partial charge in [-0.25, -0.2) is 4.79 Å². The fourth-order valence-corrected chi connectivity index (χ4v) is 3.14. The van der Waals surface area contributed by atoms with Crippen LogP contribution in [-0.2, 0) is 16.1 Å². The smallest absolute Gasteiger partial charge is 0.338 e. The van der Waals surface area contributed by atoms with Gasteiger partial charge in [0.25, 0.3) is 11.8 Å². The van der Waals surface area contributed by atoms with Crippen LogP contribution in [0.3, 0.4) is 0 Å². The number of hydrogen-bond acceptors (Lipinski definition) is 7. The van der Waals surface area contributed by atoms with Crippen LogP contribution in [0.25, 0.3) is 0 Å². The second-order valence-electron chi connectivity index (χ2n) is 7.41. The zero-order valence-corrected chi connectivity index (χ0v) is 18.0. The summed E-state index contributed by atoms with van der Waals surface area (Å²) < 4.78 is 21.0. The van der Waals surface area contributed by atoms with Crippen LogP contribution in [0.1, 0.15) is 39.0 Å². The van der Waals surface area contributed by atoms with Crippen molar-refractivity contribution in [3.8, 4) is 11.5 Å². The van der Waals surface area contributed by atoms with E-state index < -0.39 is 23.9 Å². The fraction of sp³-hybridized carbons (Fsp3) is 0.208. The Morgan fingerprint density at radius 1 is 1.06 bits per heavy atom. The molecule has 170 valence electrons. The van der Waals surface area contributed by atoms with Crippen molar-refractivity contribution in [3.63, 3.8) is 0 Å². The maximum Gasteiger partial charge on any atom is 0.338 e. The lowest BCUT2D eigenvalue weighted by Crippen LogP contribution is -2.35. The van der Waals surface area contributed by atoms with Gasteiger partial charge >= 0.3 is 5.97 Å². The molecule has 2 heterocycles. The number of rotatable bonds is 7. The zero-order valence-electron chi connectivity index (χ0n) is 18.0. The van der Waals surface area contributed by atoms with Crippen molar-refractivity contribution >= 4 is 23.5 Å². The molecule has 0 saturated carbocycles. The molecular formula is C24H22N2O7. The van der Waals surface area contributed by atoms with E-state index in [1.165, 1.54) is 25.3 Å². The highest BCUT2D eigenvalue weighted by Crippen LogP contribution is 2.32. The van der Waals surface area contributed by atoms with E-state index in [-0.39, 0.29) is 24.7 Å². The molecule has 4 rings (SSSR count). The topological polar surface area (TPSA) is 116 Å². The second kappa shape index (κ2) is 9.47. The van der Waals surface area contributed by atoms with Gasteiger partial charge < -0.3 is 29.3 Å². The normalized spacial score (nSPS) is 12.7. The predicted molar refractivity (Wildman–Crippen MR) is 117 cm³/mol. The molecule has 3 aromatic rings. The molecule has 0 saturated heterocycles. The molecule has 1 atom stereocenters. The first-order chi connectivity index (χ1) is 15.9. The summed E-state index contributed by atoms with van der Waals surface area (Å²) in [6.07, 6.45) is 0.378. The van der Waals surface area contributed by atoms with Gasteiger partial charge in [0.1, 0.15) is 0 Å². The van der Waals surface area contributed by atoms with Crippen LogP contribution in [0.5, 0.6) is 11.5 Å². The van der Waals surface area contributed by atoms with Crippen LogP contribution in [0.4, 0.5) is 5.69 Å². The number of carbonyl (C=O) groups is 3. The van der Waals surface area contributed by atoms with Gasteiger partial charge in [-0.1, -0.05) is 12.1 Å². The number of amides is 2. The number of hydrogen-bond donors (Lipinski definition) is 2. The lowest BCUT2D eigenvalue weighted by Gasteiger charge is -2.15. The van der Waals surface area contributed by atoms with E-state index >= 15 is 0 Å². The standard InChI is InChI=1S/C24H22N2O7/c1-14-5-7-17(11-18(14)26-23(28)20-4-3-9-30-20)24(29)33-15(2)22(27)25-12-16-6-8-19-21(10-16)32-13-31-19/h3-11,15H,12-13H2,1-2H3,(H,25,27)(H,26,28). The molecule has 1 unspecified atom stereocenters. The first kappa shape index (κ1) is 21.9. The number of esters is 1. The summed E-state index contributed by atoms with van der Waals surface area (Å²) in [5.74, 6) is -0.144. The molecule has 33 heavy (non-hydrogen) atoms. The molecule has 0 spiro atoms. The van der Waals surface area contributed by atoms with E-state index in [0.717, 1.165) is 11.1 Å². The minimum absolute atomic E-state index is 0.148. The molecule has 1 aliphatic rings. The highest BCUT2D eigenvalue weighted by atomic mass is 16.7. The van der Waals surface area contributed by atoms with Gasteiger partial charge in [-0.05, 0) is 61.4 Å². The summed E-state index contributed by atoms with van der Waals surface area (Å²) in [6.45, 7) is 3.69. The maximum absolute atomic E-state index is 12.6. The van der Waals surface area contributed by atoms with Gasteiger partial charge in [-0.15, -0.1) is 0 Å². The zero-order chi connectivity index (χ0) is 23.4. The van der Waals surface area contributed by atoms with Crippen LogP contribution in [0.2, 0.25) is 0 Å². The van der Waals surface area contributed by atoms with Crippen molar-refractivity contribution < 1.29 is 33.0 Å². The van der Waals surface area contributed by atoms with Gasteiger partial charge in [0.2, 0.25) is 6.79 Å².